The molecule has 39 heavy (non-hydrogen) atoms. The zero-order valence-corrected chi connectivity index (χ0v) is 20.3. The molecule has 0 saturated heterocycles. The number of alkyl halides is 2. The molecule has 0 spiro atoms. The minimum Gasteiger partial charge on any atom is -0.434 e. The third-order valence-corrected chi connectivity index (χ3v) is 7.82. The van der Waals surface area contributed by atoms with E-state index in [9.17, 15) is 28.9 Å². The van der Waals surface area contributed by atoms with Crippen molar-refractivity contribution in [1.82, 2.24) is 29.5 Å². The summed E-state index contributed by atoms with van der Waals surface area (Å²) in [6.45, 7) is -3.16. The van der Waals surface area contributed by atoms with Gasteiger partial charge < -0.3 is 20.1 Å². The van der Waals surface area contributed by atoms with E-state index in [0.29, 0.717) is 33.3 Å². The van der Waals surface area contributed by atoms with Crippen LogP contribution in [0.4, 0.5) is 8.78 Å². The Bertz CT molecular complexity index is 1620. The van der Waals surface area contributed by atoms with Crippen LogP contribution in [0.15, 0.2) is 42.9 Å². The van der Waals surface area contributed by atoms with Crippen molar-refractivity contribution in [2.45, 2.75) is 56.3 Å². The standard InChI is InChI=1S/C26H22F2N6O5/c27-25(28)39-18-6-2-5-14-19(18)15-9-17(34(24(14)35)26(36,37)38)21-20(15)23-31-16(7-8-33(23)32-21)13-10-29-22(30-11-13)12-3-1-4-12/h2,5-8,10-12,15,17,25,36-38H,1,3-4,9H2. The molecule has 0 radical (unpaired) electrons. The summed E-state index contributed by atoms with van der Waals surface area (Å²) in [4.78, 5) is 27.7. The van der Waals surface area contributed by atoms with Gasteiger partial charge in [0, 0.05) is 52.7 Å². The fourth-order valence-corrected chi connectivity index (χ4v) is 5.90. The number of aromatic nitrogens is 5. The maximum atomic E-state index is 13.4. The monoisotopic (exact) mass is 536 g/mol. The first-order valence-corrected chi connectivity index (χ1v) is 12.5. The Balaban J connectivity index is 1.41. The third kappa shape index (κ3) is 3.68. The zero-order chi connectivity index (χ0) is 27.1. The summed E-state index contributed by atoms with van der Waals surface area (Å²) in [7, 11) is 0. The number of hydrogen-bond donors (Lipinski definition) is 3. The minimum atomic E-state index is -3.54. The number of hydrogen-bond acceptors (Lipinski definition) is 9. The molecule has 2 unspecified atom stereocenters. The van der Waals surface area contributed by atoms with Gasteiger partial charge in [0.25, 0.3) is 5.91 Å². The van der Waals surface area contributed by atoms with Crippen molar-refractivity contribution in [2.24, 2.45) is 0 Å². The summed E-state index contributed by atoms with van der Waals surface area (Å²) in [5.74, 6) is -0.740. The second-order valence-electron chi connectivity index (χ2n) is 10.0. The van der Waals surface area contributed by atoms with Crippen LogP contribution in [0.25, 0.3) is 16.9 Å². The molecule has 1 saturated carbocycles. The van der Waals surface area contributed by atoms with Gasteiger partial charge in [-0.25, -0.2) is 19.5 Å². The molecule has 2 bridgehead atoms. The zero-order valence-electron chi connectivity index (χ0n) is 20.3. The Kier molecular flexibility index (Phi) is 5.21. The van der Waals surface area contributed by atoms with Crippen LogP contribution < -0.4 is 4.74 Å². The van der Waals surface area contributed by atoms with E-state index in [2.05, 4.69) is 15.1 Å². The van der Waals surface area contributed by atoms with Crippen LogP contribution in [0.2, 0.25) is 0 Å². The second-order valence-corrected chi connectivity index (χ2v) is 10.0. The van der Waals surface area contributed by atoms with Gasteiger partial charge in [-0.3, -0.25) is 9.69 Å². The normalized spacial score (nSPS) is 20.7. The number of benzene rings is 1. The number of aliphatic hydroxyl groups is 3. The van der Waals surface area contributed by atoms with Crippen LogP contribution in [-0.2, 0) is 0 Å². The maximum Gasteiger partial charge on any atom is 0.387 e. The van der Waals surface area contributed by atoms with E-state index >= 15 is 0 Å². The van der Waals surface area contributed by atoms with Gasteiger partial charge in [0.05, 0.1) is 17.4 Å². The summed E-state index contributed by atoms with van der Waals surface area (Å²) in [5.41, 5.74) is 2.39. The Hall–Kier alpha value is -4.07. The Morgan fingerprint density at radius 1 is 1.08 bits per heavy atom. The summed E-state index contributed by atoms with van der Waals surface area (Å²) >= 11 is 0. The van der Waals surface area contributed by atoms with Gasteiger partial charge in [-0.05, 0) is 37.5 Å². The van der Waals surface area contributed by atoms with Crippen LogP contribution >= 0.6 is 0 Å². The molecule has 4 aromatic rings. The first-order valence-electron chi connectivity index (χ1n) is 12.5. The van der Waals surface area contributed by atoms with Gasteiger partial charge in [-0.15, -0.1) is 0 Å². The molecule has 2 atom stereocenters. The highest BCUT2D eigenvalue weighted by atomic mass is 19.3. The van der Waals surface area contributed by atoms with Crippen molar-refractivity contribution in [1.29, 1.82) is 0 Å². The quantitative estimate of drug-likeness (QED) is 0.328. The third-order valence-electron chi connectivity index (χ3n) is 7.82. The number of halogens is 2. The molecule has 3 N–H and O–H groups in total. The minimum absolute atomic E-state index is 0.0328. The van der Waals surface area contributed by atoms with Crippen LogP contribution in [-0.4, -0.2) is 63.4 Å². The number of carbonyl (C=O) groups excluding carboxylic acids is 1. The van der Waals surface area contributed by atoms with E-state index in [1.807, 2.05) is 0 Å². The summed E-state index contributed by atoms with van der Waals surface area (Å²) in [5, 5.41) is 35.1. The Morgan fingerprint density at radius 2 is 1.85 bits per heavy atom. The van der Waals surface area contributed by atoms with E-state index < -0.39 is 30.6 Å². The SMILES string of the molecule is O=C1c2cccc(OC(F)F)c2C2CC(c3nn4ccc(-c5cnc(C6CCC6)nc5)nc4c32)N1C(O)(O)O. The van der Waals surface area contributed by atoms with Gasteiger partial charge >= 0.3 is 12.7 Å². The van der Waals surface area contributed by atoms with Crippen molar-refractivity contribution in [2.75, 3.05) is 0 Å². The molecule has 2 aliphatic carbocycles. The number of rotatable bonds is 5. The van der Waals surface area contributed by atoms with Crippen molar-refractivity contribution >= 4 is 11.6 Å². The molecule has 1 amide bonds. The smallest absolute Gasteiger partial charge is 0.387 e. The lowest BCUT2D eigenvalue weighted by Gasteiger charge is -2.34. The number of ether oxygens (including phenoxy) is 1. The van der Waals surface area contributed by atoms with Gasteiger partial charge in [-0.1, -0.05) is 12.5 Å². The number of nitrogens with zero attached hydrogens (tertiary/aromatic N) is 6. The highest BCUT2D eigenvalue weighted by Gasteiger charge is 2.52. The molecule has 3 aromatic heterocycles. The first-order chi connectivity index (χ1) is 18.7. The molecule has 200 valence electrons. The molecule has 1 fully saturated rings. The van der Waals surface area contributed by atoms with Gasteiger partial charge in [0.2, 0.25) is 0 Å². The number of carbonyl (C=O) groups is 1. The predicted octanol–water partition coefficient (Wildman–Crippen LogP) is 2.68. The van der Waals surface area contributed by atoms with Crippen LogP contribution in [0.3, 0.4) is 0 Å². The lowest BCUT2D eigenvalue weighted by molar-refractivity contribution is -0.385. The molecule has 1 aromatic carbocycles. The maximum absolute atomic E-state index is 13.4. The number of amides is 1. The fraction of sp³-hybridized carbons (Fsp3) is 0.346. The van der Waals surface area contributed by atoms with E-state index in [4.69, 9.17) is 9.72 Å². The topological polar surface area (TPSA) is 146 Å². The molecule has 4 heterocycles. The van der Waals surface area contributed by atoms with Crippen molar-refractivity contribution < 1.29 is 33.6 Å². The van der Waals surface area contributed by atoms with E-state index in [0.717, 1.165) is 18.7 Å². The fourth-order valence-electron chi connectivity index (χ4n) is 5.90. The largest absolute Gasteiger partial charge is 0.434 e. The summed E-state index contributed by atoms with van der Waals surface area (Å²) in [6.07, 6.45) is 4.88. The number of fused-ring (bicyclic) bond motifs is 9. The highest BCUT2D eigenvalue weighted by molar-refractivity contribution is 5.98. The molecular formula is C26H22F2N6O5. The average Bonchev–Trinajstić information content (AvgIpc) is 3.35. The molecule has 1 aliphatic heterocycles. The lowest BCUT2D eigenvalue weighted by atomic mass is 9.85. The summed E-state index contributed by atoms with van der Waals surface area (Å²) < 4.78 is 32.9. The van der Waals surface area contributed by atoms with Crippen molar-refractivity contribution in [3.8, 4) is 17.0 Å². The lowest BCUT2D eigenvalue weighted by Crippen LogP contribution is -2.53. The van der Waals surface area contributed by atoms with Crippen molar-refractivity contribution in [3.63, 3.8) is 0 Å². The second kappa shape index (κ2) is 8.46. The summed E-state index contributed by atoms with van der Waals surface area (Å²) in [6, 6.07) is 4.66. The Morgan fingerprint density at radius 3 is 2.51 bits per heavy atom. The first kappa shape index (κ1) is 24.0. The molecule has 13 heteroatoms. The molecule has 3 aliphatic rings. The van der Waals surface area contributed by atoms with E-state index in [1.54, 1.807) is 24.7 Å². The Labute approximate surface area is 219 Å². The van der Waals surface area contributed by atoms with Crippen LogP contribution in [0.1, 0.15) is 76.6 Å². The van der Waals surface area contributed by atoms with E-state index in [-0.39, 0.29) is 29.0 Å². The highest BCUT2D eigenvalue weighted by Crippen LogP contribution is 2.54. The van der Waals surface area contributed by atoms with E-state index in [1.165, 1.54) is 29.1 Å². The van der Waals surface area contributed by atoms with Crippen LogP contribution in [0, 0.1) is 0 Å². The molecule has 7 rings (SSSR count). The average molecular weight is 536 g/mol. The molecule has 11 nitrogen and oxygen atoms in total. The van der Waals surface area contributed by atoms with Gasteiger partial charge in [0.15, 0.2) is 5.65 Å². The van der Waals surface area contributed by atoms with Gasteiger partial charge in [0.1, 0.15) is 11.6 Å². The molecular weight excluding hydrogens is 514 g/mol. The predicted molar refractivity (Wildman–Crippen MR) is 128 cm³/mol. The van der Waals surface area contributed by atoms with Crippen LogP contribution in [0.5, 0.6) is 5.75 Å². The van der Waals surface area contributed by atoms with Crippen molar-refractivity contribution in [3.05, 3.63) is 71.1 Å². The van der Waals surface area contributed by atoms with Gasteiger partial charge in [-0.2, -0.15) is 13.9 Å².